The van der Waals surface area contributed by atoms with Gasteiger partial charge in [-0.1, -0.05) is 0 Å². The van der Waals surface area contributed by atoms with Crippen molar-refractivity contribution in [3.8, 4) is 5.75 Å². The van der Waals surface area contributed by atoms with Crippen LogP contribution in [0.1, 0.15) is 29.9 Å². The number of ether oxygens (including phenoxy) is 1. The van der Waals surface area contributed by atoms with E-state index in [1.807, 2.05) is 30.5 Å². The lowest BCUT2D eigenvalue weighted by molar-refractivity contribution is 0.295. The van der Waals surface area contributed by atoms with Gasteiger partial charge in [-0.15, -0.1) is 0 Å². The third kappa shape index (κ3) is 2.84. The molecule has 3 rings (SSSR count). The van der Waals surface area contributed by atoms with Crippen molar-refractivity contribution in [2.45, 2.75) is 32.3 Å². The predicted molar refractivity (Wildman–Crippen MR) is 73.9 cm³/mol. The SMILES string of the molecule is Nc1ccc(OCc2ncc3c(n2)CCCC3)cc1. The molecule has 0 atom stereocenters. The molecule has 0 saturated carbocycles. The van der Waals surface area contributed by atoms with Gasteiger partial charge in [-0.05, 0) is 55.5 Å². The molecule has 4 nitrogen and oxygen atoms in total. The molecule has 0 amide bonds. The first-order valence-corrected chi connectivity index (χ1v) is 6.63. The lowest BCUT2D eigenvalue weighted by atomic mass is 9.97. The van der Waals surface area contributed by atoms with Gasteiger partial charge in [0.2, 0.25) is 0 Å². The summed E-state index contributed by atoms with van der Waals surface area (Å²) in [5, 5.41) is 0. The monoisotopic (exact) mass is 255 g/mol. The summed E-state index contributed by atoms with van der Waals surface area (Å²) in [6, 6.07) is 7.35. The molecule has 1 aliphatic carbocycles. The Labute approximate surface area is 112 Å². The molecule has 1 heterocycles. The molecule has 1 aromatic heterocycles. The molecule has 0 bridgehead atoms. The molecular formula is C15H17N3O. The summed E-state index contributed by atoms with van der Waals surface area (Å²) >= 11 is 0. The van der Waals surface area contributed by atoms with Crippen LogP contribution >= 0.6 is 0 Å². The summed E-state index contributed by atoms with van der Waals surface area (Å²) in [4.78, 5) is 8.95. The number of fused-ring (bicyclic) bond motifs is 1. The second-order valence-electron chi connectivity index (χ2n) is 4.82. The number of anilines is 1. The quantitative estimate of drug-likeness (QED) is 0.856. The lowest BCUT2D eigenvalue weighted by Crippen LogP contribution is -2.10. The molecule has 4 heteroatoms. The molecule has 0 fully saturated rings. The highest BCUT2D eigenvalue weighted by Gasteiger charge is 2.12. The van der Waals surface area contributed by atoms with E-state index >= 15 is 0 Å². The number of hydrogen-bond acceptors (Lipinski definition) is 4. The van der Waals surface area contributed by atoms with Gasteiger partial charge >= 0.3 is 0 Å². The summed E-state index contributed by atoms with van der Waals surface area (Å²) in [5.41, 5.74) is 8.85. The van der Waals surface area contributed by atoms with Crippen LogP contribution in [-0.2, 0) is 19.4 Å². The Balaban J connectivity index is 1.68. The molecule has 1 aliphatic rings. The minimum Gasteiger partial charge on any atom is -0.486 e. The average molecular weight is 255 g/mol. The second-order valence-corrected chi connectivity index (χ2v) is 4.82. The Hall–Kier alpha value is -2.10. The van der Waals surface area contributed by atoms with Crippen molar-refractivity contribution in [1.29, 1.82) is 0 Å². The highest BCUT2D eigenvalue weighted by Crippen LogP contribution is 2.19. The van der Waals surface area contributed by atoms with Crippen LogP contribution in [0.15, 0.2) is 30.5 Å². The maximum Gasteiger partial charge on any atom is 0.166 e. The summed E-state index contributed by atoms with van der Waals surface area (Å²) in [6.07, 6.45) is 6.59. The van der Waals surface area contributed by atoms with Crippen molar-refractivity contribution in [1.82, 2.24) is 9.97 Å². The average Bonchev–Trinajstić information content (AvgIpc) is 2.46. The van der Waals surface area contributed by atoms with Crippen molar-refractivity contribution in [2.24, 2.45) is 0 Å². The zero-order valence-corrected chi connectivity index (χ0v) is 10.8. The number of aryl methyl sites for hydroxylation is 2. The predicted octanol–water partition coefficient (Wildman–Crippen LogP) is 2.52. The van der Waals surface area contributed by atoms with E-state index in [4.69, 9.17) is 10.5 Å². The smallest absolute Gasteiger partial charge is 0.166 e. The molecule has 0 saturated heterocycles. The van der Waals surface area contributed by atoms with E-state index in [1.165, 1.54) is 24.1 Å². The van der Waals surface area contributed by atoms with Gasteiger partial charge in [0.15, 0.2) is 5.82 Å². The van der Waals surface area contributed by atoms with Crippen molar-refractivity contribution < 1.29 is 4.74 Å². The minimum absolute atomic E-state index is 0.400. The third-order valence-electron chi connectivity index (χ3n) is 3.36. The molecule has 2 aromatic rings. The summed E-state index contributed by atoms with van der Waals surface area (Å²) < 4.78 is 5.66. The van der Waals surface area contributed by atoms with E-state index in [0.29, 0.717) is 6.61 Å². The van der Waals surface area contributed by atoms with Gasteiger partial charge in [-0.3, -0.25) is 0 Å². The summed E-state index contributed by atoms with van der Waals surface area (Å²) in [5.74, 6) is 1.54. The van der Waals surface area contributed by atoms with Crippen LogP contribution in [0.2, 0.25) is 0 Å². The normalized spacial score (nSPS) is 13.9. The molecule has 0 radical (unpaired) electrons. The summed E-state index contributed by atoms with van der Waals surface area (Å²) in [7, 11) is 0. The van der Waals surface area contributed by atoms with E-state index in [-0.39, 0.29) is 0 Å². The Morgan fingerprint density at radius 3 is 2.74 bits per heavy atom. The van der Waals surface area contributed by atoms with Crippen LogP contribution in [0, 0.1) is 0 Å². The number of aromatic nitrogens is 2. The first-order valence-electron chi connectivity index (χ1n) is 6.63. The highest BCUT2D eigenvalue weighted by molar-refractivity contribution is 5.41. The molecule has 0 spiro atoms. The Morgan fingerprint density at radius 2 is 1.89 bits per heavy atom. The van der Waals surface area contributed by atoms with E-state index in [0.717, 1.165) is 30.1 Å². The second kappa shape index (κ2) is 5.26. The van der Waals surface area contributed by atoms with Crippen LogP contribution in [0.25, 0.3) is 0 Å². The summed E-state index contributed by atoms with van der Waals surface area (Å²) in [6.45, 7) is 0.400. The fraction of sp³-hybridized carbons (Fsp3) is 0.333. The van der Waals surface area contributed by atoms with E-state index in [1.54, 1.807) is 0 Å². The fourth-order valence-corrected chi connectivity index (χ4v) is 2.30. The molecule has 19 heavy (non-hydrogen) atoms. The maximum absolute atomic E-state index is 5.66. The van der Waals surface area contributed by atoms with Crippen LogP contribution in [0.5, 0.6) is 5.75 Å². The van der Waals surface area contributed by atoms with E-state index in [9.17, 15) is 0 Å². The van der Waals surface area contributed by atoms with Crippen LogP contribution in [0.4, 0.5) is 5.69 Å². The fourth-order valence-electron chi connectivity index (χ4n) is 2.30. The van der Waals surface area contributed by atoms with Gasteiger partial charge in [0.1, 0.15) is 12.4 Å². The number of rotatable bonds is 3. The number of benzene rings is 1. The number of nitrogens with zero attached hydrogens (tertiary/aromatic N) is 2. The zero-order chi connectivity index (χ0) is 13.1. The number of nitrogen functional groups attached to an aromatic ring is 1. The molecular weight excluding hydrogens is 238 g/mol. The van der Waals surface area contributed by atoms with E-state index < -0.39 is 0 Å². The van der Waals surface area contributed by atoms with Gasteiger partial charge < -0.3 is 10.5 Å². The van der Waals surface area contributed by atoms with Crippen molar-refractivity contribution in [3.63, 3.8) is 0 Å². The maximum atomic E-state index is 5.66. The highest BCUT2D eigenvalue weighted by atomic mass is 16.5. The van der Waals surface area contributed by atoms with Gasteiger partial charge in [-0.25, -0.2) is 9.97 Å². The standard InChI is InChI=1S/C15H17N3O/c16-12-5-7-13(8-6-12)19-10-15-17-9-11-3-1-2-4-14(11)18-15/h5-9H,1-4,10,16H2. The molecule has 2 N–H and O–H groups in total. The Morgan fingerprint density at radius 1 is 1.11 bits per heavy atom. The largest absolute Gasteiger partial charge is 0.486 e. The zero-order valence-electron chi connectivity index (χ0n) is 10.8. The van der Waals surface area contributed by atoms with Gasteiger partial charge in [0.05, 0.1) is 0 Å². The molecule has 0 unspecified atom stereocenters. The molecule has 0 aliphatic heterocycles. The Kier molecular flexibility index (Phi) is 3.31. The third-order valence-corrected chi connectivity index (χ3v) is 3.36. The van der Waals surface area contributed by atoms with Crippen molar-refractivity contribution >= 4 is 5.69 Å². The van der Waals surface area contributed by atoms with Gasteiger partial charge in [0.25, 0.3) is 0 Å². The van der Waals surface area contributed by atoms with Crippen LogP contribution < -0.4 is 10.5 Å². The lowest BCUT2D eigenvalue weighted by Gasteiger charge is -2.14. The number of nitrogens with two attached hydrogens (primary N) is 1. The van der Waals surface area contributed by atoms with Gasteiger partial charge in [0, 0.05) is 17.6 Å². The van der Waals surface area contributed by atoms with E-state index in [2.05, 4.69) is 9.97 Å². The molecule has 1 aromatic carbocycles. The first-order chi connectivity index (χ1) is 9.31. The van der Waals surface area contributed by atoms with Crippen LogP contribution in [0.3, 0.4) is 0 Å². The Bertz CT molecular complexity index is 566. The molecule has 98 valence electrons. The first kappa shape index (κ1) is 12.0. The van der Waals surface area contributed by atoms with Crippen molar-refractivity contribution in [3.05, 3.63) is 47.5 Å². The van der Waals surface area contributed by atoms with Crippen LogP contribution in [-0.4, -0.2) is 9.97 Å². The van der Waals surface area contributed by atoms with Gasteiger partial charge in [-0.2, -0.15) is 0 Å². The minimum atomic E-state index is 0.400. The van der Waals surface area contributed by atoms with Crippen molar-refractivity contribution in [2.75, 3.05) is 5.73 Å². The topological polar surface area (TPSA) is 61.0 Å². The number of hydrogen-bond donors (Lipinski definition) is 1.